The van der Waals surface area contributed by atoms with Crippen LogP contribution in [0.15, 0.2) is 30.3 Å². The Kier molecular flexibility index (Phi) is 7.01. The van der Waals surface area contributed by atoms with Crippen molar-refractivity contribution in [1.29, 1.82) is 0 Å². The first-order valence-corrected chi connectivity index (χ1v) is 8.64. The number of carbonyl (C=O) groups is 2. The number of ether oxygens (including phenoxy) is 1. The number of hydrogen-bond donors (Lipinski definition) is 1. The number of nitrogens with zero attached hydrogens (tertiary/aromatic N) is 1. The maximum Gasteiger partial charge on any atom is 0.416 e. The summed E-state index contributed by atoms with van der Waals surface area (Å²) in [5.41, 5.74) is -0.103. The highest BCUT2D eigenvalue weighted by atomic mass is 19.4. The number of halogens is 3. The first kappa shape index (κ1) is 21.0. The van der Waals surface area contributed by atoms with Gasteiger partial charge in [-0.2, -0.15) is 13.2 Å². The van der Waals surface area contributed by atoms with Crippen molar-refractivity contribution >= 4 is 17.4 Å². The van der Waals surface area contributed by atoms with Crippen LogP contribution >= 0.6 is 0 Å². The van der Waals surface area contributed by atoms with Gasteiger partial charge in [-0.15, -0.1) is 0 Å². The van der Waals surface area contributed by atoms with Gasteiger partial charge in [0.1, 0.15) is 0 Å². The number of alkyl halides is 3. The number of allylic oxidation sites excluding steroid dienone is 1. The SMILES string of the molecule is CC(=CC(=O)N(CCC(=O)O)C1CCOCC1)c1cccc(C(F)(F)F)c1. The van der Waals surface area contributed by atoms with Crippen molar-refractivity contribution in [3.63, 3.8) is 0 Å². The first-order valence-electron chi connectivity index (χ1n) is 8.64. The molecule has 1 aromatic carbocycles. The lowest BCUT2D eigenvalue weighted by Crippen LogP contribution is -2.43. The number of benzene rings is 1. The van der Waals surface area contributed by atoms with Gasteiger partial charge in [0, 0.05) is 31.9 Å². The van der Waals surface area contributed by atoms with Gasteiger partial charge in [-0.05, 0) is 43.0 Å². The second-order valence-electron chi connectivity index (χ2n) is 6.42. The molecule has 0 aromatic heterocycles. The molecule has 1 fully saturated rings. The van der Waals surface area contributed by atoms with E-state index in [0.29, 0.717) is 37.2 Å². The van der Waals surface area contributed by atoms with Crippen LogP contribution in [0.2, 0.25) is 0 Å². The molecule has 0 saturated carbocycles. The van der Waals surface area contributed by atoms with Crippen LogP contribution in [0, 0.1) is 0 Å². The quantitative estimate of drug-likeness (QED) is 0.760. The number of aliphatic carboxylic acids is 1. The Morgan fingerprint density at radius 3 is 2.56 bits per heavy atom. The Hall–Kier alpha value is -2.35. The maximum atomic E-state index is 12.9. The minimum absolute atomic E-state index is 0.0468. The fourth-order valence-electron chi connectivity index (χ4n) is 2.98. The van der Waals surface area contributed by atoms with Gasteiger partial charge in [-0.3, -0.25) is 9.59 Å². The van der Waals surface area contributed by atoms with Crippen molar-refractivity contribution in [2.24, 2.45) is 0 Å². The molecule has 1 aliphatic heterocycles. The molecule has 0 spiro atoms. The zero-order chi connectivity index (χ0) is 20.0. The molecule has 0 atom stereocenters. The van der Waals surface area contributed by atoms with Gasteiger partial charge in [-0.25, -0.2) is 0 Å². The van der Waals surface area contributed by atoms with E-state index in [1.54, 1.807) is 6.92 Å². The molecular formula is C19H22F3NO4. The summed E-state index contributed by atoms with van der Waals surface area (Å²) >= 11 is 0. The standard InChI is InChI=1S/C19H22F3NO4/c1-13(14-3-2-4-15(12-14)19(20,21)22)11-17(24)23(8-5-18(25)26)16-6-9-27-10-7-16/h2-4,11-12,16H,5-10H2,1H3,(H,25,26). The third-order valence-electron chi connectivity index (χ3n) is 4.47. The number of carboxylic acid groups (broad SMARTS) is 1. The molecule has 0 radical (unpaired) electrons. The van der Waals surface area contributed by atoms with E-state index in [2.05, 4.69) is 0 Å². The van der Waals surface area contributed by atoms with Crippen LogP contribution in [0.1, 0.15) is 37.3 Å². The molecule has 1 N–H and O–H groups in total. The highest BCUT2D eigenvalue weighted by Gasteiger charge is 2.30. The summed E-state index contributed by atoms with van der Waals surface area (Å²) < 4.78 is 43.9. The molecular weight excluding hydrogens is 363 g/mol. The molecule has 2 rings (SSSR count). The fourth-order valence-corrected chi connectivity index (χ4v) is 2.98. The second-order valence-corrected chi connectivity index (χ2v) is 6.42. The van der Waals surface area contributed by atoms with Gasteiger partial charge in [0.2, 0.25) is 5.91 Å². The van der Waals surface area contributed by atoms with Gasteiger partial charge in [0.15, 0.2) is 0 Å². The highest BCUT2D eigenvalue weighted by Crippen LogP contribution is 2.31. The Labute approximate surface area is 155 Å². The number of amides is 1. The lowest BCUT2D eigenvalue weighted by Gasteiger charge is -2.33. The van der Waals surface area contributed by atoms with Crippen LogP contribution in [0.3, 0.4) is 0 Å². The van der Waals surface area contributed by atoms with E-state index in [-0.39, 0.29) is 19.0 Å². The summed E-state index contributed by atoms with van der Waals surface area (Å²) in [6, 6.07) is 4.62. The molecule has 8 heteroatoms. The van der Waals surface area contributed by atoms with Crippen molar-refractivity contribution in [1.82, 2.24) is 4.90 Å². The van der Waals surface area contributed by atoms with Crippen molar-refractivity contribution in [2.75, 3.05) is 19.8 Å². The van der Waals surface area contributed by atoms with Crippen molar-refractivity contribution < 1.29 is 32.6 Å². The van der Waals surface area contributed by atoms with Crippen molar-refractivity contribution in [3.8, 4) is 0 Å². The van der Waals surface area contributed by atoms with E-state index < -0.39 is 23.6 Å². The summed E-state index contributed by atoms with van der Waals surface area (Å²) in [6.07, 6.45) is -2.19. The molecule has 1 saturated heterocycles. The zero-order valence-electron chi connectivity index (χ0n) is 15.0. The van der Waals surface area contributed by atoms with Crippen LogP contribution < -0.4 is 0 Å². The van der Waals surface area contributed by atoms with Crippen LogP contribution in [-0.4, -0.2) is 47.7 Å². The van der Waals surface area contributed by atoms with E-state index in [0.717, 1.165) is 12.1 Å². The smallest absolute Gasteiger partial charge is 0.416 e. The van der Waals surface area contributed by atoms with Crippen LogP contribution in [-0.2, 0) is 20.5 Å². The molecule has 1 amide bonds. The van der Waals surface area contributed by atoms with Gasteiger partial charge in [-0.1, -0.05) is 12.1 Å². The molecule has 0 aliphatic carbocycles. The molecule has 27 heavy (non-hydrogen) atoms. The third-order valence-corrected chi connectivity index (χ3v) is 4.47. The molecule has 1 aromatic rings. The van der Waals surface area contributed by atoms with Gasteiger partial charge >= 0.3 is 12.1 Å². The number of hydrogen-bond acceptors (Lipinski definition) is 3. The van der Waals surface area contributed by atoms with Gasteiger partial charge in [0.05, 0.1) is 12.0 Å². The lowest BCUT2D eigenvalue weighted by molar-refractivity contribution is -0.139. The number of carbonyl (C=O) groups excluding carboxylic acids is 1. The minimum Gasteiger partial charge on any atom is -0.481 e. The minimum atomic E-state index is -4.46. The molecule has 0 unspecified atom stereocenters. The average molecular weight is 385 g/mol. The summed E-state index contributed by atoms with van der Waals surface area (Å²) in [7, 11) is 0. The van der Waals surface area contributed by atoms with Gasteiger partial charge < -0.3 is 14.7 Å². The average Bonchev–Trinajstić information content (AvgIpc) is 2.62. The lowest BCUT2D eigenvalue weighted by atomic mass is 10.0. The van der Waals surface area contributed by atoms with Gasteiger partial charge in [0.25, 0.3) is 0 Å². The van der Waals surface area contributed by atoms with Crippen LogP contribution in [0.25, 0.3) is 5.57 Å². The molecule has 1 aliphatic rings. The van der Waals surface area contributed by atoms with E-state index in [1.165, 1.54) is 23.1 Å². The maximum absolute atomic E-state index is 12.9. The third kappa shape index (κ3) is 6.09. The predicted octanol–water partition coefficient (Wildman–Crippen LogP) is 3.59. The van der Waals surface area contributed by atoms with E-state index in [1.807, 2.05) is 0 Å². The van der Waals surface area contributed by atoms with Crippen LogP contribution in [0.5, 0.6) is 0 Å². The normalized spacial score (nSPS) is 16.2. The molecule has 5 nitrogen and oxygen atoms in total. The molecule has 0 bridgehead atoms. The Balaban J connectivity index is 2.21. The predicted molar refractivity (Wildman–Crippen MR) is 92.9 cm³/mol. The molecule has 1 heterocycles. The van der Waals surface area contributed by atoms with E-state index >= 15 is 0 Å². The summed E-state index contributed by atoms with van der Waals surface area (Å²) in [5, 5.41) is 8.92. The summed E-state index contributed by atoms with van der Waals surface area (Å²) in [5.74, 6) is -1.42. The van der Waals surface area contributed by atoms with Crippen molar-refractivity contribution in [2.45, 2.75) is 38.4 Å². The topological polar surface area (TPSA) is 66.8 Å². The Morgan fingerprint density at radius 1 is 1.30 bits per heavy atom. The largest absolute Gasteiger partial charge is 0.481 e. The number of carboxylic acids is 1. The van der Waals surface area contributed by atoms with E-state index in [9.17, 15) is 22.8 Å². The van der Waals surface area contributed by atoms with Crippen LogP contribution in [0.4, 0.5) is 13.2 Å². The Morgan fingerprint density at radius 2 is 1.96 bits per heavy atom. The summed E-state index contributed by atoms with van der Waals surface area (Å²) in [4.78, 5) is 25.1. The second kappa shape index (κ2) is 9.03. The molecule has 148 valence electrons. The van der Waals surface area contributed by atoms with Crippen molar-refractivity contribution in [3.05, 3.63) is 41.5 Å². The Bertz CT molecular complexity index is 709. The fraction of sp³-hybridized carbons (Fsp3) is 0.474. The number of rotatable bonds is 6. The highest BCUT2D eigenvalue weighted by molar-refractivity contribution is 5.95. The van der Waals surface area contributed by atoms with E-state index in [4.69, 9.17) is 9.84 Å². The summed E-state index contributed by atoms with van der Waals surface area (Å²) in [6.45, 7) is 2.58. The zero-order valence-corrected chi connectivity index (χ0v) is 15.0. The monoisotopic (exact) mass is 385 g/mol. The first-order chi connectivity index (χ1) is 12.7.